The first-order valence-corrected chi connectivity index (χ1v) is 8.07. The molecule has 1 saturated heterocycles. The van der Waals surface area contributed by atoms with E-state index in [1.807, 2.05) is 0 Å². The minimum absolute atomic E-state index is 0.456. The van der Waals surface area contributed by atoms with E-state index in [4.69, 9.17) is 0 Å². The summed E-state index contributed by atoms with van der Waals surface area (Å²) in [7, 11) is 0. The molecule has 2 nitrogen and oxygen atoms in total. The van der Waals surface area contributed by atoms with Gasteiger partial charge in [0.2, 0.25) is 0 Å². The van der Waals surface area contributed by atoms with Crippen LogP contribution in [0, 0.1) is 11.8 Å². The van der Waals surface area contributed by atoms with Crippen molar-refractivity contribution in [1.29, 1.82) is 0 Å². The Morgan fingerprint density at radius 1 is 1.17 bits per heavy atom. The summed E-state index contributed by atoms with van der Waals surface area (Å²) in [6, 6.07) is 0.552. The Bertz CT molecular complexity index is 245. The summed E-state index contributed by atoms with van der Waals surface area (Å²) in [6.07, 6.45) is 11.3. The third kappa shape index (κ3) is 3.71. The minimum atomic E-state index is -0.456. The van der Waals surface area contributed by atoms with Crippen molar-refractivity contribution < 1.29 is 5.11 Å². The highest BCUT2D eigenvalue weighted by atomic mass is 16.3. The van der Waals surface area contributed by atoms with Gasteiger partial charge in [-0.2, -0.15) is 0 Å². The molecular formula is C16H31NO. The quantitative estimate of drug-likeness (QED) is 0.804. The third-order valence-corrected chi connectivity index (χ3v) is 5.31. The highest BCUT2D eigenvalue weighted by Gasteiger charge is 2.37. The summed E-state index contributed by atoms with van der Waals surface area (Å²) in [5.41, 5.74) is -0.456. The molecule has 1 aliphatic heterocycles. The van der Waals surface area contributed by atoms with Crippen LogP contribution in [0.4, 0.5) is 0 Å². The van der Waals surface area contributed by atoms with Gasteiger partial charge in [0.1, 0.15) is 0 Å². The molecule has 2 heteroatoms. The Balaban J connectivity index is 1.87. The molecule has 2 aliphatic rings. The molecule has 2 N–H and O–H groups in total. The Morgan fingerprint density at radius 3 is 2.67 bits per heavy atom. The van der Waals surface area contributed by atoms with Gasteiger partial charge in [0.05, 0.1) is 5.60 Å². The van der Waals surface area contributed by atoms with Crippen LogP contribution in [0.3, 0.4) is 0 Å². The molecule has 0 amide bonds. The van der Waals surface area contributed by atoms with E-state index in [2.05, 4.69) is 19.2 Å². The van der Waals surface area contributed by atoms with E-state index >= 15 is 0 Å². The first-order valence-electron chi connectivity index (χ1n) is 8.07. The number of hydrogen-bond acceptors (Lipinski definition) is 2. The van der Waals surface area contributed by atoms with Crippen molar-refractivity contribution in [2.24, 2.45) is 11.8 Å². The van der Waals surface area contributed by atoms with Gasteiger partial charge < -0.3 is 10.4 Å². The third-order valence-electron chi connectivity index (χ3n) is 5.31. The van der Waals surface area contributed by atoms with E-state index in [1.54, 1.807) is 0 Å². The fourth-order valence-corrected chi connectivity index (χ4v) is 3.99. The Hall–Kier alpha value is -0.0800. The van der Waals surface area contributed by atoms with Crippen LogP contribution in [0.1, 0.15) is 71.6 Å². The Labute approximate surface area is 113 Å². The predicted molar refractivity (Wildman–Crippen MR) is 76.6 cm³/mol. The minimum Gasteiger partial charge on any atom is -0.390 e. The molecule has 0 aromatic heterocycles. The van der Waals surface area contributed by atoms with Crippen molar-refractivity contribution in [3.05, 3.63) is 0 Å². The highest BCUT2D eigenvalue weighted by molar-refractivity contribution is 4.90. The van der Waals surface area contributed by atoms with Gasteiger partial charge in [-0.3, -0.25) is 0 Å². The summed E-state index contributed by atoms with van der Waals surface area (Å²) in [5, 5.41) is 14.4. The van der Waals surface area contributed by atoms with Gasteiger partial charge in [0, 0.05) is 6.04 Å². The molecule has 4 atom stereocenters. The normalized spacial score (nSPS) is 37.2. The number of hydrogen-bond donors (Lipinski definition) is 2. The second-order valence-electron chi connectivity index (χ2n) is 6.85. The zero-order chi connectivity index (χ0) is 13.0. The van der Waals surface area contributed by atoms with Crippen molar-refractivity contribution in [3.8, 4) is 0 Å². The average Bonchev–Trinajstić information content (AvgIpc) is 2.39. The Morgan fingerprint density at radius 2 is 2.00 bits per heavy atom. The Kier molecular flexibility index (Phi) is 5.08. The van der Waals surface area contributed by atoms with Crippen LogP contribution in [0.25, 0.3) is 0 Å². The van der Waals surface area contributed by atoms with E-state index < -0.39 is 5.60 Å². The van der Waals surface area contributed by atoms with Gasteiger partial charge in [-0.1, -0.05) is 32.6 Å². The summed E-state index contributed by atoms with van der Waals surface area (Å²) in [4.78, 5) is 0. The van der Waals surface area contributed by atoms with E-state index in [0.29, 0.717) is 12.0 Å². The van der Waals surface area contributed by atoms with Gasteiger partial charge in [-0.15, -0.1) is 0 Å². The zero-order valence-electron chi connectivity index (χ0n) is 12.3. The summed E-state index contributed by atoms with van der Waals surface area (Å²) >= 11 is 0. The standard InChI is InChI=1S/C16H31NO/c1-3-13-7-6-8-14(11-13)16(2,18)12-15-9-4-5-10-17-15/h13-15,17-18H,3-12H2,1-2H3. The summed E-state index contributed by atoms with van der Waals surface area (Å²) in [5.74, 6) is 1.38. The predicted octanol–water partition coefficient (Wildman–Crippen LogP) is 3.49. The molecule has 1 heterocycles. The maximum absolute atomic E-state index is 10.9. The van der Waals surface area contributed by atoms with E-state index in [1.165, 1.54) is 51.4 Å². The van der Waals surface area contributed by atoms with Crippen molar-refractivity contribution in [3.63, 3.8) is 0 Å². The lowest BCUT2D eigenvalue weighted by Gasteiger charge is -2.41. The van der Waals surface area contributed by atoms with Crippen LogP contribution in [0.15, 0.2) is 0 Å². The van der Waals surface area contributed by atoms with Crippen molar-refractivity contribution in [2.75, 3.05) is 6.54 Å². The van der Waals surface area contributed by atoms with Crippen LogP contribution in [0.2, 0.25) is 0 Å². The number of rotatable bonds is 4. The average molecular weight is 253 g/mol. The van der Waals surface area contributed by atoms with E-state index in [0.717, 1.165) is 18.9 Å². The smallest absolute Gasteiger partial charge is 0.0662 e. The van der Waals surface area contributed by atoms with E-state index in [9.17, 15) is 5.11 Å². The second-order valence-corrected chi connectivity index (χ2v) is 6.85. The summed E-state index contributed by atoms with van der Waals surface area (Å²) in [6.45, 7) is 5.53. The van der Waals surface area contributed by atoms with Gasteiger partial charge in [0.25, 0.3) is 0 Å². The molecule has 106 valence electrons. The fraction of sp³-hybridized carbons (Fsp3) is 1.00. The van der Waals surface area contributed by atoms with Crippen molar-refractivity contribution in [2.45, 2.75) is 83.3 Å². The van der Waals surface area contributed by atoms with Gasteiger partial charge >= 0.3 is 0 Å². The van der Waals surface area contributed by atoms with Crippen LogP contribution in [-0.2, 0) is 0 Å². The maximum atomic E-state index is 10.9. The number of piperidine rings is 1. The zero-order valence-corrected chi connectivity index (χ0v) is 12.3. The SMILES string of the molecule is CCC1CCCC(C(C)(O)CC2CCCCN2)C1. The molecule has 0 bridgehead atoms. The molecule has 18 heavy (non-hydrogen) atoms. The number of aliphatic hydroxyl groups is 1. The molecule has 1 saturated carbocycles. The van der Waals surface area contributed by atoms with Crippen molar-refractivity contribution in [1.82, 2.24) is 5.32 Å². The topological polar surface area (TPSA) is 32.3 Å². The summed E-state index contributed by atoms with van der Waals surface area (Å²) < 4.78 is 0. The molecule has 2 fully saturated rings. The first kappa shape index (κ1) is 14.3. The lowest BCUT2D eigenvalue weighted by Crippen LogP contribution is -2.45. The van der Waals surface area contributed by atoms with Crippen molar-refractivity contribution >= 4 is 0 Å². The van der Waals surface area contributed by atoms with Crippen LogP contribution in [-0.4, -0.2) is 23.3 Å². The fourth-order valence-electron chi connectivity index (χ4n) is 3.99. The van der Waals surface area contributed by atoms with Crippen LogP contribution in [0.5, 0.6) is 0 Å². The first-order chi connectivity index (χ1) is 8.62. The molecule has 2 rings (SSSR count). The molecule has 0 spiro atoms. The number of nitrogens with one attached hydrogen (secondary N) is 1. The van der Waals surface area contributed by atoms with Gasteiger partial charge in [0.15, 0.2) is 0 Å². The van der Waals surface area contributed by atoms with Gasteiger partial charge in [-0.05, 0) is 57.4 Å². The molecule has 0 radical (unpaired) electrons. The maximum Gasteiger partial charge on any atom is 0.0662 e. The second kappa shape index (κ2) is 6.38. The molecular weight excluding hydrogens is 222 g/mol. The lowest BCUT2D eigenvalue weighted by atomic mass is 9.70. The molecule has 0 aromatic rings. The monoisotopic (exact) mass is 253 g/mol. The van der Waals surface area contributed by atoms with Crippen LogP contribution < -0.4 is 5.32 Å². The van der Waals surface area contributed by atoms with Gasteiger partial charge in [-0.25, -0.2) is 0 Å². The van der Waals surface area contributed by atoms with E-state index in [-0.39, 0.29) is 0 Å². The molecule has 4 unspecified atom stereocenters. The van der Waals surface area contributed by atoms with Crippen LogP contribution >= 0.6 is 0 Å². The largest absolute Gasteiger partial charge is 0.390 e. The highest BCUT2D eigenvalue weighted by Crippen LogP contribution is 2.39. The molecule has 1 aliphatic carbocycles. The molecule has 0 aromatic carbocycles. The lowest BCUT2D eigenvalue weighted by molar-refractivity contribution is -0.0413.